The molecule has 0 unspecified atom stereocenters. The standard InChI is InChI=1S/C19H21N3O4/c1-4-17(23)26-22(19(24)20-21(2)3)18-13-9-5-7-11-15(13)25-16-12-8-6-10-14(16)18/h5-12,18H,4H2,1-3H3,(H,20,24). The van der Waals surface area contributed by atoms with E-state index in [9.17, 15) is 9.59 Å². The molecule has 2 aromatic rings. The number of carbonyl (C=O) groups is 2. The summed E-state index contributed by atoms with van der Waals surface area (Å²) in [6.45, 7) is 1.68. The van der Waals surface area contributed by atoms with E-state index in [1.807, 2.05) is 48.5 Å². The van der Waals surface area contributed by atoms with E-state index in [4.69, 9.17) is 9.57 Å². The highest BCUT2D eigenvalue weighted by molar-refractivity contribution is 5.77. The number of para-hydroxylation sites is 2. The van der Waals surface area contributed by atoms with Crippen molar-refractivity contribution in [2.75, 3.05) is 14.1 Å². The SMILES string of the molecule is CCC(=O)ON(C(=O)NN(C)C)C1c2ccccc2Oc2ccccc21. The molecule has 2 amide bonds. The first-order valence-electron chi connectivity index (χ1n) is 8.35. The molecule has 0 aliphatic carbocycles. The van der Waals surface area contributed by atoms with Crippen LogP contribution in [-0.4, -0.2) is 36.2 Å². The van der Waals surface area contributed by atoms with E-state index in [2.05, 4.69) is 5.43 Å². The number of hydrazine groups is 1. The van der Waals surface area contributed by atoms with Gasteiger partial charge in [-0.1, -0.05) is 43.3 Å². The van der Waals surface area contributed by atoms with Crippen LogP contribution in [0.5, 0.6) is 11.5 Å². The summed E-state index contributed by atoms with van der Waals surface area (Å²) in [7, 11) is 3.37. The van der Waals surface area contributed by atoms with Crippen molar-refractivity contribution in [1.29, 1.82) is 0 Å². The van der Waals surface area contributed by atoms with Crippen LogP contribution in [0, 0.1) is 0 Å². The number of amides is 2. The Morgan fingerprint density at radius 3 is 2.08 bits per heavy atom. The van der Waals surface area contributed by atoms with E-state index in [0.717, 1.165) is 16.2 Å². The van der Waals surface area contributed by atoms with Crippen molar-refractivity contribution >= 4 is 12.0 Å². The molecule has 2 aromatic carbocycles. The average molecular weight is 355 g/mol. The number of hydroxylamine groups is 2. The van der Waals surface area contributed by atoms with Crippen LogP contribution >= 0.6 is 0 Å². The van der Waals surface area contributed by atoms with Gasteiger partial charge >= 0.3 is 12.0 Å². The topological polar surface area (TPSA) is 71.1 Å². The number of fused-ring (bicyclic) bond motifs is 2. The molecule has 26 heavy (non-hydrogen) atoms. The van der Waals surface area contributed by atoms with Gasteiger partial charge in [0, 0.05) is 31.6 Å². The lowest BCUT2D eigenvalue weighted by molar-refractivity contribution is -0.183. The van der Waals surface area contributed by atoms with Crippen LogP contribution < -0.4 is 10.2 Å². The zero-order chi connectivity index (χ0) is 18.7. The molecule has 0 aromatic heterocycles. The van der Waals surface area contributed by atoms with Gasteiger partial charge in [0.2, 0.25) is 0 Å². The molecule has 1 aliphatic rings. The molecule has 0 spiro atoms. The largest absolute Gasteiger partial charge is 0.457 e. The van der Waals surface area contributed by atoms with Gasteiger partial charge in [-0.15, -0.1) is 5.06 Å². The van der Waals surface area contributed by atoms with Gasteiger partial charge in [-0.3, -0.25) is 5.43 Å². The second kappa shape index (κ2) is 7.45. The number of urea groups is 1. The summed E-state index contributed by atoms with van der Waals surface area (Å²) in [6, 6.07) is 13.6. The molecule has 0 saturated heterocycles. The fourth-order valence-electron chi connectivity index (χ4n) is 2.76. The van der Waals surface area contributed by atoms with Crippen LogP contribution in [-0.2, 0) is 9.63 Å². The molecule has 1 aliphatic heterocycles. The van der Waals surface area contributed by atoms with Crippen LogP contribution in [0.2, 0.25) is 0 Å². The van der Waals surface area contributed by atoms with Crippen molar-refractivity contribution < 1.29 is 19.2 Å². The molecule has 7 nitrogen and oxygen atoms in total. The lowest BCUT2D eigenvalue weighted by atomic mass is 9.94. The first-order chi connectivity index (χ1) is 12.5. The molecule has 3 rings (SSSR count). The van der Waals surface area contributed by atoms with E-state index in [1.165, 1.54) is 5.01 Å². The molecule has 136 valence electrons. The lowest BCUT2D eigenvalue weighted by Gasteiger charge is -2.35. The predicted molar refractivity (Wildman–Crippen MR) is 95.2 cm³/mol. The van der Waals surface area contributed by atoms with Gasteiger partial charge < -0.3 is 9.57 Å². The number of nitrogens with one attached hydrogen (secondary N) is 1. The molecule has 0 saturated carbocycles. The molecule has 0 atom stereocenters. The minimum absolute atomic E-state index is 0.151. The highest BCUT2D eigenvalue weighted by atomic mass is 16.7. The third-order valence-corrected chi connectivity index (χ3v) is 3.89. The first-order valence-corrected chi connectivity index (χ1v) is 8.35. The Morgan fingerprint density at radius 2 is 1.58 bits per heavy atom. The van der Waals surface area contributed by atoms with Crippen LogP contribution in [0.25, 0.3) is 0 Å². The maximum absolute atomic E-state index is 12.8. The Bertz CT molecular complexity index is 776. The Hall–Kier alpha value is -3.06. The van der Waals surface area contributed by atoms with E-state index >= 15 is 0 Å². The summed E-state index contributed by atoms with van der Waals surface area (Å²) in [5, 5.41) is 2.57. The van der Waals surface area contributed by atoms with Gasteiger partial charge in [-0.2, -0.15) is 0 Å². The lowest BCUT2D eigenvalue weighted by Crippen LogP contribution is -2.48. The van der Waals surface area contributed by atoms with Crippen LogP contribution in [0.3, 0.4) is 0 Å². The Kier molecular flexibility index (Phi) is 5.09. The van der Waals surface area contributed by atoms with E-state index in [-0.39, 0.29) is 6.42 Å². The summed E-state index contributed by atoms with van der Waals surface area (Å²) >= 11 is 0. The molecule has 1 heterocycles. The minimum Gasteiger partial charge on any atom is -0.457 e. The van der Waals surface area contributed by atoms with Crippen molar-refractivity contribution in [2.24, 2.45) is 0 Å². The summed E-state index contributed by atoms with van der Waals surface area (Å²) in [5.41, 5.74) is 4.11. The number of hydrogen-bond donors (Lipinski definition) is 1. The van der Waals surface area contributed by atoms with Crippen molar-refractivity contribution in [1.82, 2.24) is 15.5 Å². The number of carbonyl (C=O) groups excluding carboxylic acids is 2. The highest BCUT2D eigenvalue weighted by Gasteiger charge is 2.37. The van der Waals surface area contributed by atoms with Crippen molar-refractivity contribution in [3.8, 4) is 11.5 Å². The monoisotopic (exact) mass is 355 g/mol. The number of nitrogens with zero attached hydrogens (tertiary/aromatic N) is 2. The molecule has 0 bridgehead atoms. The van der Waals surface area contributed by atoms with Gasteiger partial charge in [0.25, 0.3) is 0 Å². The summed E-state index contributed by atoms with van der Waals surface area (Å²) in [5.74, 6) is 0.734. The smallest absolute Gasteiger partial charge is 0.366 e. The van der Waals surface area contributed by atoms with Crippen LogP contribution in [0.15, 0.2) is 48.5 Å². The minimum atomic E-state index is -0.619. The molecule has 0 radical (unpaired) electrons. The summed E-state index contributed by atoms with van der Waals surface area (Å²) < 4.78 is 5.94. The van der Waals surface area contributed by atoms with E-state index in [0.29, 0.717) is 11.5 Å². The Morgan fingerprint density at radius 1 is 1.04 bits per heavy atom. The van der Waals surface area contributed by atoms with Gasteiger partial charge in [-0.25, -0.2) is 14.6 Å². The molecule has 1 N–H and O–H groups in total. The van der Waals surface area contributed by atoms with Crippen LogP contribution in [0.1, 0.15) is 30.5 Å². The quantitative estimate of drug-likeness (QED) is 0.856. The highest BCUT2D eigenvalue weighted by Crippen LogP contribution is 2.45. The average Bonchev–Trinajstić information content (AvgIpc) is 2.63. The van der Waals surface area contributed by atoms with E-state index < -0.39 is 18.0 Å². The zero-order valence-electron chi connectivity index (χ0n) is 14.9. The van der Waals surface area contributed by atoms with Crippen molar-refractivity contribution in [2.45, 2.75) is 19.4 Å². The second-order valence-corrected chi connectivity index (χ2v) is 6.03. The van der Waals surface area contributed by atoms with Crippen molar-refractivity contribution in [3.05, 3.63) is 59.7 Å². The molecule has 0 fully saturated rings. The fraction of sp³-hybridized carbons (Fsp3) is 0.263. The maximum Gasteiger partial charge on any atom is 0.366 e. The number of rotatable bonds is 3. The number of benzene rings is 2. The maximum atomic E-state index is 12.8. The number of ether oxygens (including phenoxy) is 1. The Balaban J connectivity index is 2.10. The van der Waals surface area contributed by atoms with Gasteiger partial charge in [0.05, 0.1) is 0 Å². The van der Waals surface area contributed by atoms with E-state index in [1.54, 1.807) is 21.0 Å². The van der Waals surface area contributed by atoms with Crippen molar-refractivity contribution in [3.63, 3.8) is 0 Å². The third kappa shape index (κ3) is 3.48. The Labute approximate surface area is 152 Å². The second-order valence-electron chi connectivity index (χ2n) is 6.03. The molecular weight excluding hydrogens is 334 g/mol. The summed E-state index contributed by atoms with van der Waals surface area (Å²) in [6.07, 6.45) is 0.151. The number of hydrogen-bond acceptors (Lipinski definition) is 5. The fourth-order valence-corrected chi connectivity index (χ4v) is 2.76. The normalized spacial score (nSPS) is 12.6. The predicted octanol–water partition coefficient (Wildman–Crippen LogP) is 3.24. The van der Waals surface area contributed by atoms with Gasteiger partial charge in [-0.05, 0) is 12.1 Å². The zero-order valence-corrected chi connectivity index (χ0v) is 14.9. The molecule has 7 heteroatoms. The third-order valence-electron chi connectivity index (χ3n) is 3.89. The van der Waals surface area contributed by atoms with Gasteiger partial charge in [0.15, 0.2) is 0 Å². The summed E-state index contributed by atoms with van der Waals surface area (Å²) in [4.78, 5) is 30.2. The molecular formula is C19H21N3O4. The van der Waals surface area contributed by atoms with Gasteiger partial charge in [0.1, 0.15) is 17.5 Å². The first kappa shape index (κ1) is 17.8. The van der Waals surface area contributed by atoms with Crippen LogP contribution in [0.4, 0.5) is 4.79 Å².